The summed E-state index contributed by atoms with van der Waals surface area (Å²) < 4.78 is 0. The van der Waals surface area contributed by atoms with Gasteiger partial charge in [0.1, 0.15) is 0 Å². The summed E-state index contributed by atoms with van der Waals surface area (Å²) in [6, 6.07) is 14.6. The van der Waals surface area contributed by atoms with Crippen LogP contribution in [-0.2, 0) is 9.59 Å². The summed E-state index contributed by atoms with van der Waals surface area (Å²) in [5, 5.41) is 7.86. The molecule has 0 saturated carbocycles. The third-order valence-electron chi connectivity index (χ3n) is 2.87. The summed E-state index contributed by atoms with van der Waals surface area (Å²) in [5.74, 6) is -1.07. The van der Waals surface area contributed by atoms with Crippen molar-refractivity contribution in [3.8, 4) is 11.1 Å². The first-order chi connectivity index (χ1) is 9.99. The zero-order chi connectivity index (χ0) is 15.4. The molecule has 0 saturated heterocycles. The molecule has 108 valence electrons. The molecule has 0 aliphatic heterocycles. The van der Waals surface area contributed by atoms with Crippen molar-refractivity contribution < 1.29 is 14.7 Å². The standard InChI is InChI=1S/C16H13ClO3S/c1-10(18)21-14-5-3-2-4-13(14)11-6-8-12(9-7-11)15(17)16(19)20/h2-9,15H,1H3,(H,19,20). The summed E-state index contributed by atoms with van der Waals surface area (Å²) >= 11 is 6.97. The molecule has 0 radical (unpaired) electrons. The van der Waals surface area contributed by atoms with Crippen molar-refractivity contribution in [2.24, 2.45) is 0 Å². The van der Waals surface area contributed by atoms with Crippen LogP contribution in [0.1, 0.15) is 17.9 Å². The van der Waals surface area contributed by atoms with Crippen LogP contribution < -0.4 is 0 Å². The highest BCUT2D eigenvalue weighted by atomic mass is 35.5. The molecule has 2 aromatic rings. The van der Waals surface area contributed by atoms with E-state index < -0.39 is 11.3 Å². The first-order valence-electron chi connectivity index (χ1n) is 6.23. The lowest BCUT2D eigenvalue weighted by molar-refractivity contribution is -0.136. The quantitative estimate of drug-likeness (QED) is 0.672. The van der Waals surface area contributed by atoms with E-state index in [0.717, 1.165) is 16.0 Å². The van der Waals surface area contributed by atoms with Crippen LogP contribution >= 0.6 is 23.4 Å². The average molecular weight is 321 g/mol. The van der Waals surface area contributed by atoms with Crippen molar-refractivity contribution in [1.29, 1.82) is 0 Å². The minimum Gasteiger partial charge on any atom is -0.480 e. The van der Waals surface area contributed by atoms with Gasteiger partial charge in [-0.15, -0.1) is 11.6 Å². The van der Waals surface area contributed by atoms with Gasteiger partial charge in [0.15, 0.2) is 10.5 Å². The summed E-state index contributed by atoms with van der Waals surface area (Å²) in [6.07, 6.45) is 0. The summed E-state index contributed by atoms with van der Waals surface area (Å²) in [5.41, 5.74) is 2.38. The molecule has 1 unspecified atom stereocenters. The lowest BCUT2D eigenvalue weighted by atomic mass is 10.0. The Hall–Kier alpha value is -1.78. The second-order valence-electron chi connectivity index (χ2n) is 4.41. The van der Waals surface area contributed by atoms with E-state index in [-0.39, 0.29) is 5.12 Å². The molecule has 5 heteroatoms. The highest BCUT2D eigenvalue weighted by Gasteiger charge is 2.16. The fourth-order valence-corrected chi connectivity index (χ4v) is 2.82. The highest BCUT2D eigenvalue weighted by molar-refractivity contribution is 8.13. The normalized spacial score (nSPS) is 11.9. The maximum absolute atomic E-state index is 11.3. The molecule has 0 aliphatic rings. The molecule has 0 spiro atoms. The van der Waals surface area contributed by atoms with Crippen LogP contribution in [0.5, 0.6) is 0 Å². The monoisotopic (exact) mass is 320 g/mol. The number of alkyl halides is 1. The predicted molar refractivity (Wildman–Crippen MR) is 84.6 cm³/mol. The number of rotatable bonds is 4. The van der Waals surface area contributed by atoms with Crippen molar-refractivity contribution >= 4 is 34.4 Å². The van der Waals surface area contributed by atoms with Gasteiger partial charge in [-0.05, 0) is 22.8 Å². The van der Waals surface area contributed by atoms with Gasteiger partial charge in [-0.3, -0.25) is 9.59 Å². The van der Waals surface area contributed by atoms with Gasteiger partial charge in [0, 0.05) is 11.8 Å². The third kappa shape index (κ3) is 3.86. The molecule has 0 bridgehead atoms. The molecule has 2 rings (SSSR count). The van der Waals surface area contributed by atoms with Gasteiger partial charge >= 0.3 is 5.97 Å². The van der Waals surface area contributed by atoms with E-state index in [1.165, 1.54) is 18.7 Å². The van der Waals surface area contributed by atoms with Crippen molar-refractivity contribution in [3.05, 3.63) is 54.1 Å². The average Bonchev–Trinajstić information content (AvgIpc) is 2.46. The smallest absolute Gasteiger partial charge is 0.326 e. The SMILES string of the molecule is CC(=O)Sc1ccccc1-c1ccc(C(Cl)C(=O)O)cc1. The van der Waals surface area contributed by atoms with Crippen LogP contribution in [0.3, 0.4) is 0 Å². The van der Waals surface area contributed by atoms with Crippen LogP contribution in [0, 0.1) is 0 Å². The minimum atomic E-state index is -1.07. The van der Waals surface area contributed by atoms with Gasteiger partial charge in [-0.1, -0.05) is 54.2 Å². The van der Waals surface area contributed by atoms with E-state index in [2.05, 4.69) is 0 Å². The van der Waals surface area contributed by atoms with Crippen LogP contribution in [-0.4, -0.2) is 16.2 Å². The number of carbonyl (C=O) groups is 2. The number of thioether (sulfide) groups is 1. The fraction of sp³-hybridized carbons (Fsp3) is 0.125. The molecule has 2 aromatic carbocycles. The fourth-order valence-electron chi connectivity index (χ4n) is 1.92. The van der Waals surface area contributed by atoms with Crippen molar-refractivity contribution in [3.63, 3.8) is 0 Å². The van der Waals surface area contributed by atoms with Gasteiger partial charge in [-0.2, -0.15) is 0 Å². The van der Waals surface area contributed by atoms with E-state index in [4.69, 9.17) is 16.7 Å². The summed E-state index contributed by atoms with van der Waals surface area (Å²) in [4.78, 5) is 23.0. The Morgan fingerprint density at radius 3 is 2.29 bits per heavy atom. The molecule has 0 aromatic heterocycles. The van der Waals surface area contributed by atoms with Gasteiger partial charge < -0.3 is 5.11 Å². The predicted octanol–water partition coefficient (Wildman–Crippen LogP) is 4.36. The number of halogens is 1. The van der Waals surface area contributed by atoms with Crippen LogP contribution in [0.25, 0.3) is 11.1 Å². The zero-order valence-electron chi connectivity index (χ0n) is 11.2. The van der Waals surface area contributed by atoms with E-state index in [9.17, 15) is 9.59 Å². The van der Waals surface area contributed by atoms with Crippen LogP contribution in [0.15, 0.2) is 53.4 Å². The number of carboxylic acids is 1. The van der Waals surface area contributed by atoms with E-state index in [0.29, 0.717) is 5.56 Å². The largest absolute Gasteiger partial charge is 0.480 e. The molecule has 0 heterocycles. The first kappa shape index (κ1) is 15.6. The van der Waals surface area contributed by atoms with Gasteiger partial charge in [0.05, 0.1) is 0 Å². The molecule has 21 heavy (non-hydrogen) atoms. The lowest BCUT2D eigenvalue weighted by Crippen LogP contribution is -2.04. The minimum absolute atomic E-state index is 0.0192. The number of hydrogen-bond donors (Lipinski definition) is 1. The number of carboxylic acid groups (broad SMARTS) is 1. The second kappa shape index (κ2) is 6.78. The number of aliphatic carboxylic acids is 1. The van der Waals surface area contributed by atoms with Crippen molar-refractivity contribution in [2.45, 2.75) is 17.2 Å². The Labute approximate surface area is 131 Å². The van der Waals surface area contributed by atoms with E-state index >= 15 is 0 Å². The Kier molecular flexibility index (Phi) is 5.04. The van der Waals surface area contributed by atoms with Gasteiger partial charge in [-0.25, -0.2) is 0 Å². The van der Waals surface area contributed by atoms with Crippen molar-refractivity contribution in [1.82, 2.24) is 0 Å². The highest BCUT2D eigenvalue weighted by Crippen LogP contribution is 2.32. The number of hydrogen-bond acceptors (Lipinski definition) is 3. The van der Waals surface area contributed by atoms with Crippen LogP contribution in [0.4, 0.5) is 0 Å². The molecule has 1 N–H and O–H groups in total. The molecule has 3 nitrogen and oxygen atoms in total. The topological polar surface area (TPSA) is 54.4 Å². The Bertz CT molecular complexity index is 667. The lowest BCUT2D eigenvalue weighted by Gasteiger charge is -2.09. The molecule has 1 atom stereocenters. The summed E-state index contributed by atoms with van der Waals surface area (Å²) in [6.45, 7) is 1.52. The number of benzene rings is 2. The zero-order valence-corrected chi connectivity index (χ0v) is 12.8. The maximum atomic E-state index is 11.3. The van der Waals surface area contributed by atoms with Crippen molar-refractivity contribution in [2.75, 3.05) is 0 Å². The number of carbonyl (C=O) groups excluding carboxylic acids is 1. The molecule has 0 amide bonds. The third-order valence-corrected chi connectivity index (χ3v) is 4.17. The first-order valence-corrected chi connectivity index (χ1v) is 7.49. The Morgan fingerprint density at radius 2 is 1.71 bits per heavy atom. The van der Waals surface area contributed by atoms with E-state index in [1.54, 1.807) is 12.1 Å². The maximum Gasteiger partial charge on any atom is 0.326 e. The molecule has 0 aliphatic carbocycles. The van der Waals surface area contributed by atoms with E-state index in [1.807, 2.05) is 36.4 Å². The second-order valence-corrected chi connectivity index (χ2v) is 6.07. The van der Waals surface area contributed by atoms with Gasteiger partial charge in [0.2, 0.25) is 0 Å². The summed E-state index contributed by atoms with van der Waals surface area (Å²) in [7, 11) is 0. The molecule has 0 fully saturated rings. The van der Waals surface area contributed by atoms with Crippen LogP contribution in [0.2, 0.25) is 0 Å². The molecular weight excluding hydrogens is 308 g/mol. The molecular formula is C16H13ClO3S. The Morgan fingerprint density at radius 1 is 1.10 bits per heavy atom. The Balaban J connectivity index is 2.35. The van der Waals surface area contributed by atoms with Gasteiger partial charge in [0.25, 0.3) is 0 Å².